The fourth-order valence-electron chi connectivity index (χ4n) is 1.55. The minimum absolute atomic E-state index is 0.229. The van der Waals surface area contributed by atoms with E-state index in [2.05, 4.69) is 0 Å². The summed E-state index contributed by atoms with van der Waals surface area (Å²) in [5.74, 6) is -0.243. The summed E-state index contributed by atoms with van der Waals surface area (Å²) in [6.07, 6.45) is 0.295. The van der Waals surface area contributed by atoms with Crippen LogP contribution in [0.3, 0.4) is 0 Å². The number of ketones is 1. The molecule has 0 aromatic carbocycles. The van der Waals surface area contributed by atoms with E-state index in [0.29, 0.717) is 12.8 Å². The first-order valence-electron chi connectivity index (χ1n) is 5.30. The topological polar surface area (TPSA) is 17.1 Å². The molecule has 2 nitrogen and oxygen atoms in total. The molecule has 0 aromatic heterocycles. The summed E-state index contributed by atoms with van der Waals surface area (Å²) >= 11 is 0. The molecule has 84 valence electrons. The highest BCUT2D eigenvalue weighted by Gasteiger charge is 2.27. The van der Waals surface area contributed by atoms with Gasteiger partial charge in [-0.3, -0.25) is 4.79 Å². The van der Waals surface area contributed by atoms with Gasteiger partial charge in [0.25, 0.3) is 0 Å². The van der Waals surface area contributed by atoms with Crippen LogP contribution in [0.4, 0.5) is 4.39 Å². The fraction of sp³-hybridized carbons (Fsp3) is 0.909. The third-order valence-corrected chi connectivity index (χ3v) is 2.71. The Morgan fingerprint density at radius 2 is 1.71 bits per heavy atom. The first-order valence-corrected chi connectivity index (χ1v) is 5.30. The van der Waals surface area contributed by atoms with E-state index in [1.54, 1.807) is 6.92 Å². The molecule has 3 heteroatoms. The summed E-state index contributed by atoms with van der Waals surface area (Å²) in [5, 5.41) is 0. The average Bonchev–Trinajstić information content (AvgIpc) is 2.10. The Bertz CT molecular complexity index is 186. The van der Waals surface area contributed by atoms with E-state index in [-0.39, 0.29) is 11.8 Å². The van der Waals surface area contributed by atoms with Crippen LogP contribution < -0.4 is 0 Å². The van der Waals surface area contributed by atoms with E-state index < -0.39 is 6.17 Å². The SMILES string of the molecule is CCC(F)C(=O)CC(CC)[N+](C)(C)C. The number of halogens is 1. The highest BCUT2D eigenvalue weighted by molar-refractivity contribution is 5.83. The van der Waals surface area contributed by atoms with E-state index in [4.69, 9.17) is 0 Å². The van der Waals surface area contributed by atoms with Crippen LogP contribution in [0.1, 0.15) is 33.1 Å². The second-order valence-electron chi connectivity index (χ2n) is 4.72. The van der Waals surface area contributed by atoms with Gasteiger partial charge in [0, 0.05) is 0 Å². The third kappa shape index (κ3) is 4.18. The molecule has 14 heavy (non-hydrogen) atoms. The number of quaternary nitrogens is 1. The minimum Gasteiger partial charge on any atom is -0.328 e. The lowest BCUT2D eigenvalue weighted by Crippen LogP contribution is -2.46. The lowest BCUT2D eigenvalue weighted by Gasteiger charge is -2.33. The summed E-state index contributed by atoms with van der Waals surface area (Å²) in [6.45, 7) is 3.75. The maximum Gasteiger partial charge on any atom is 0.172 e. The lowest BCUT2D eigenvalue weighted by molar-refractivity contribution is -0.895. The molecule has 0 aliphatic carbocycles. The zero-order valence-corrected chi connectivity index (χ0v) is 10.0. The normalized spacial score (nSPS) is 16.4. The molecule has 0 bridgehead atoms. The molecule has 0 amide bonds. The number of carbonyl (C=O) groups excluding carboxylic acids is 1. The van der Waals surface area contributed by atoms with Gasteiger partial charge in [-0.2, -0.15) is 0 Å². The van der Waals surface area contributed by atoms with Crippen LogP contribution >= 0.6 is 0 Å². The van der Waals surface area contributed by atoms with Gasteiger partial charge in [-0.1, -0.05) is 13.8 Å². The summed E-state index contributed by atoms with van der Waals surface area (Å²) in [6, 6.07) is 0.229. The summed E-state index contributed by atoms with van der Waals surface area (Å²) in [5.41, 5.74) is 0. The second kappa shape index (κ2) is 5.44. The third-order valence-electron chi connectivity index (χ3n) is 2.71. The first kappa shape index (κ1) is 13.6. The van der Waals surface area contributed by atoms with E-state index in [1.807, 2.05) is 28.1 Å². The van der Waals surface area contributed by atoms with Crippen molar-refractivity contribution in [3.8, 4) is 0 Å². The molecule has 0 aliphatic rings. The van der Waals surface area contributed by atoms with Gasteiger partial charge in [0.15, 0.2) is 12.0 Å². The molecule has 0 fully saturated rings. The number of nitrogens with zero attached hydrogens (tertiary/aromatic N) is 1. The van der Waals surface area contributed by atoms with E-state index in [1.165, 1.54) is 0 Å². The predicted octanol–water partition coefficient (Wildman–Crippen LogP) is 2.18. The molecule has 2 atom stereocenters. The second-order valence-corrected chi connectivity index (χ2v) is 4.72. The maximum atomic E-state index is 13.1. The molecular weight excluding hydrogens is 181 g/mol. The first-order chi connectivity index (χ1) is 6.32. The molecule has 2 unspecified atom stereocenters. The zero-order chi connectivity index (χ0) is 11.4. The van der Waals surface area contributed by atoms with Crippen molar-refractivity contribution in [2.75, 3.05) is 21.1 Å². The van der Waals surface area contributed by atoms with Gasteiger partial charge in [0.05, 0.1) is 33.6 Å². The number of hydrogen-bond donors (Lipinski definition) is 0. The van der Waals surface area contributed by atoms with Crippen molar-refractivity contribution >= 4 is 5.78 Å². The quantitative estimate of drug-likeness (QED) is 0.606. The van der Waals surface area contributed by atoms with Crippen LogP contribution in [0.15, 0.2) is 0 Å². The molecule has 0 heterocycles. The zero-order valence-electron chi connectivity index (χ0n) is 10.0. The van der Waals surface area contributed by atoms with Crippen molar-refractivity contribution < 1.29 is 13.7 Å². The smallest absolute Gasteiger partial charge is 0.172 e. The summed E-state index contributed by atoms with van der Waals surface area (Å²) in [7, 11) is 6.13. The maximum absolute atomic E-state index is 13.1. The van der Waals surface area contributed by atoms with Gasteiger partial charge >= 0.3 is 0 Å². The van der Waals surface area contributed by atoms with E-state index >= 15 is 0 Å². The lowest BCUT2D eigenvalue weighted by atomic mass is 10.0. The van der Waals surface area contributed by atoms with Crippen molar-refractivity contribution in [2.24, 2.45) is 0 Å². The minimum atomic E-state index is -1.27. The molecular formula is C11H23FNO+. The van der Waals surface area contributed by atoms with E-state index in [9.17, 15) is 9.18 Å². The molecule has 0 saturated carbocycles. The molecule has 0 aromatic rings. The molecule has 0 N–H and O–H groups in total. The largest absolute Gasteiger partial charge is 0.328 e. The Hall–Kier alpha value is -0.440. The number of hydrogen-bond acceptors (Lipinski definition) is 1. The monoisotopic (exact) mass is 204 g/mol. The predicted molar refractivity (Wildman–Crippen MR) is 56.9 cm³/mol. The molecule has 0 radical (unpaired) electrons. The van der Waals surface area contributed by atoms with Crippen LogP contribution in [0, 0.1) is 0 Å². The number of alkyl halides is 1. The Morgan fingerprint density at radius 3 is 2.00 bits per heavy atom. The fourth-order valence-corrected chi connectivity index (χ4v) is 1.55. The highest BCUT2D eigenvalue weighted by Crippen LogP contribution is 2.14. The van der Waals surface area contributed by atoms with Crippen LogP contribution in [-0.4, -0.2) is 43.6 Å². The van der Waals surface area contributed by atoms with Gasteiger partial charge in [-0.25, -0.2) is 4.39 Å². The van der Waals surface area contributed by atoms with Crippen molar-refractivity contribution in [1.29, 1.82) is 0 Å². The van der Waals surface area contributed by atoms with Crippen molar-refractivity contribution in [3.63, 3.8) is 0 Å². The van der Waals surface area contributed by atoms with Crippen molar-refractivity contribution in [3.05, 3.63) is 0 Å². The average molecular weight is 204 g/mol. The van der Waals surface area contributed by atoms with Crippen LogP contribution in [0.2, 0.25) is 0 Å². The number of rotatable bonds is 6. The highest BCUT2D eigenvalue weighted by atomic mass is 19.1. The molecule has 0 aliphatic heterocycles. The van der Waals surface area contributed by atoms with Crippen LogP contribution in [-0.2, 0) is 4.79 Å². The number of carbonyl (C=O) groups is 1. The summed E-state index contributed by atoms with van der Waals surface area (Å²) < 4.78 is 13.8. The van der Waals surface area contributed by atoms with E-state index in [0.717, 1.165) is 10.9 Å². The van der Waals surface area contributed by atoms with Crippen molar-refractivity contribution in [1.82, 2.24) is 0 Å². The van der Waals surface area contributed by atoms with Crippen LogP contribution in [0.5, 0.6) is 0 Å². The van der Waals surface area contributed by atoms with Gasteiger partial charge in [-0.15, -0.1) is 0 Å². The molecule has 0 rings (SSSR count). The molecule has 0 saturated heterocycles. The Labute approximate surface area is 86.7 Å². The van der Waals surface area contributed by atoms with Gasteiger partial charge in [0.1, 0.15) is 0 Å². The molecule has 0 spiro atoms. The summed E-state index contributed by atoms with van der Waals surface area (Å²) in [4.78, 5) is 11.4. The van der Waals surface area contributed by atoms with Crippen molar-refractivity contribution in [2.45, 2.75) is 45.3 Å². The number of Topliss-reactive ketones (excluding diaryl/α,β-unsaturated/α-hetero) is 1. The van der Waals surface area contributed by atoms with Gasteiger partial charge < -0.3 is 4.48 Å². The Morgan fingerprint density at radius 1 is 1.21 bits per heavy atom. The van der Waals surface area contributed by atoms with Gasteiger partial charge in [-0.05, 0) is 12.8 Å². The standard InChI is InChI=1S/C11H23FNO/c1-6-9(13(3,4)5)8-11(14)10(12)7-2/h9-10H,6-8H2,1-5H3/q+1. The Kier molecular flexibility index (Phi) is 5.27. The van der Waals surface area contributed by atoms with Gasteiger partial charge in [0.2, 0.25) is 0 Å². The Balaban J connectivity index is 4.26. The van der Waals surface area contributed by atoms with Crippen LogP contribution in [0.25, 0.3) is 0 Å².